The van der Waals surface area contributed by atoms with Crippen LogP contribution in [0.3, 0.4) is 0 Å². The lowest BCUT2D eigenvalue weighted by Gasteiger charge is -2.24. The maximum Gasteiger partial charge on any atom is 0.338 e. The van der Waals surface area contributed by atoms with Crippen LogP contribution in [-0.4, -0.2) is 17.6 Å². The van der Waals surface area contributed by atoms with Crippen molar-refractivity contribution in [2.75, 3.05) is 6.61 Å². The number of carbonyl (C=O) groups is 1. The lowest BCUT2D eigenvalue weighted by molar-refractivity contribution is 0.0464. The van der Waals surface area contributed by atoms with Crippen molar-refractivity contribution in [3.63, 3.8) is 0 Å². The summed E-state index contributed by atoms with van der Waals surface area (Å²) in [5.74, 6) is 0.447. The Balaban J connectivity index is 1.85. The van der Waals surface area contributed by atoms with Crippen molar-refractivity contribution in [2.24, 2.45) is 5.92 Å². The van der Waals surface area contributed by atoms with E-state index in [0.29, 0.717) is 17.3 Å². The number of aromatic nitrogens is 1. The van der Waals surface area contributed by atoms with Gasteiger partial charge in [-0.25, -0.2) is 9.78 Å². The normalized spacial score (nSPS) is 15.4. The van der Waals surface area contributed by atoms with E-state index in [1.807, 2.05) is 0 Å². The summed E-state index contributed by atoms with van der Waals surface area (Å²) in [4.78, 5) is 15.7. The molecular weight excluding hydrogens is 238 g/mol. The van der Waals surface area contributed by atoms with Crippen molar-refractivity contribution in [2.45, 2.75) is 32.6 Å². The molecule has 92 valence electrons. The van der Waals surface area contributed by atoms with Crippen molar-refractivity contribution < 1.29 is 9.53 Å². The van der Waals surface area contributed by atoms with Gasteiger partial charge in [0.2, 0.25) is 0 Å². The highest BCUT2D eigenvalue weighted by Gasteiger charge is 2.18. The molecule has 0 radical (unpaired) electrons. The molecule has 0 bridgehead atoms. The third-order valence-corrected chi connectivity index (χ3v) is 3.34. The van der Waals surface area contributed by atoms with E-state index in [1.54, 1.807) is 19.1 Å². The van der Waals surface area contributed by atoms with Gasteiger partial charge < -0.3 is 4.74 Å². The smallest absolute Gasteiger partial charge is 0.338 e. The van der Waals surface area contributed by atoms with Crippen molar-refractivity contribution in [1.82, 2.24) is 4.98 Å². The molecule has 1 aromatic heterocycles. The average Bonchev–Trinajstić information content (AvgIpc) is 2.20. The molecule has 1 saturated carbocycles. The fraction of sp³-hybridized carbons (Fsp3) is 0.538. The minimum absolute atomic E-state index is 0.309. The van der Waals surface area contributed by atoms with Crippen LogP contribution in [0.15, 0.2) is 12.1 Å². The molecule has 0 spiro atoms. The number of halogens is 1. The Morgan fingerprint density at radius 3 is 2.88 bits per heavy atom. The lowest BCUT2D eigenvalue weighted by atomic mass is 9.83. The van der Waals surface area contributed by atoms with Gasteiger partial charge in [0.05, 0.1) is 12.2 Å². The molecular formula is C13H16ClNO2. The minimum atomic E-state index is -0.309. The summed E-state index contributed by atoms with van der Waals surface area (Å²) < 4.78 is 5.22. The summed E-state index contributed by atoms with van der Waals surface area (Å²) in [5, 5.41) is 0.330. The van der Waals surface area contributed by atoms with E-state index in [2.05, 4.69) is 4.98 Å². The molecule has 0 atom stereocenters. The number of aryl methyl sites for hydroxylation is 1. The van der Waals surface area contributed by atoms with Crippen LogP contribution >= 0.6 is 11.6 Å². The molecule has 0 unspecified atom stereocenters. The second kappa shape index (κ2) is 5.50. The molecule has 3 nitrogen and oxygen atoms in total. The molecule has 1 fully saturated rings. The van der Waals surface area contributed by atoms with E-state index in [-0.39, 0.29) is 5.97 Å². The van der Waals surface area contributed by atoms with Crippen LogP contribution in [0.4, 0.5) is 0 Å². The number of hydrogen-bond donors (Lipinski definition) is 0. The highest BCUT2D eigenvalue weighted by molar-refractivity contribution is 6.29. The van der Waals surface area contributed by atoms with Crippen LogP contribution in [0.1, 0.15) is 41.7 Å². The summed E-state index contributed by atoms with van der Waals surface area (Å²) in [5.41, 5.74) is 1.21. The second-order valence-corrected chi connectivity index (χ2v) is 4.93. The van der Waals surface area contributed by atoms with Crippen LogP contribution in [0.2, 0.25) is 5.15 Å². The highest BCUT2D eigenvalue weighted by Crippen LogP contribution is 2.29. The van der Waals surface area contributed by atoms with E-state index in [4.69, 9.17) is 16.3 Å². The first-order chi connectivity index (χ1) is 8.15. The maximum absolute atomic E-state index is 11.7. The van der Waals surface area contributed by atoms with E-state index < -0.39 is 0 Å². The van der Waals surface area contributed by atoms with Gasteiger partial charge in [0.1, 0.15) is 5.15 Å². The quantitative estimate of drug-likeness (QED) is 0.610. The van der Waals surface area contributed by atoms with Crippen molar-refractivity contribution >= 4 is 17.6 Å². The largest absolute Gasteiger partial charge is 0.462 e. The van der Waals surface area contributed by atoms with Crippen molar-refractivity contribution in [3.05, 3.63) is 28.5 Å². The van der Waals surface area contributed by atoms with E-state index in [1.165, 1.54) is 19.3 Å². The number of carbonyl (C=O) groups excluding carboxylic acids is 1. The summed E-state index contributed by atoms with van der Waals surface area (Å²) in [7, 11) is 0. The molecule has 0 N–H and O–H groups in total. The first kappa shape index (κ1) is 12.4. The van der Waals surface area contributed by atoms with Gasteiger partial charge in [0, 0.05) is 5.69 Å². The predicted molar refractivity (Wildman–Crippen MR) is 66.2 cm³/mol. The van der Waals surface area contributed by atoms with Crippen LogP contribution < -0.4 is 0 Å². The van der Waals surface area contributed by atoms with Crippen LogP contribution in [0.25, 0.3) is 0 Å². The van der Waals surface area contributed by atoms with Crippen LogP contribution in [0.5, 0.6) is 0 Å². The number of rotatable bonds is 4. The van der Waals surface area contributed by atoms with Gasteiger partial charge in [-0.1, -0.05) is 30.9 Å². The molecule has 0 amide bonds. The number of nitrogens with zero attached hydrogens (tertiary/aromatic N) is 1. The average molecular weight is 254 g/mol. The SMILES string of the molecule is Cc1cc(C(=O)OCCC2CCC2)cc(Cl)n1. The Morgan fingerprint density at radius 1 is 1.53 bits per heavy atom. The fourth-order valence-corrected chi connectivity index (χ4v) is 2.18. The molecule has 17 heavy (non-hydrogen) atoms. The Morgan fingerprint density at radius 2 is 2.29 bits per heavy atom. The van der Waals surface area contributed by atoms with Gasteiger partial charge in [-0.15, -0.1) is 0 Å². The first-order valence-electron chi connectivity index (χ1n) is 5.96. The van der Waals surface area contributed by atoms with E-state index in [0.717, 1.165) is 18.0 Å². The Kier molecular flexibility index (Phi) is 4.00. The molecule has 1 heterocycles. The Labute approximate surface area is 106 Å². The highest BCUT2D eigenvalue weighted by atomic mass is 35.5. The maximum atomic E-state index is 11.7. The molecule has 2 rings (SSSR count). The molecule has 1 aliphatic carbocycles. The van der Waals surface area contributed by atoms with E-state index in [9.17, 15) is 4.79 Å². The fourth-order valence-electron chi connectivity index (χ4n) is 1.93. The lowest BCUT2D eigenvalue weighted by Crippen LogP contribution is -2.15. The zero-order valence-electron chi connectivity index (χ0n) is 9.91. The topological polar surface area (TPSA) is 39.2 Å². The summed E-state index contributed by atoms with van der Waals surface area (Å²) >= 11 is 5.79. The number of hydrogen-bond acceptors (Lipinski definition) is 3. The Hall–Kier alpha value is -1.09. The van der Waals surface area contributed by atoms with Crippen LogP contribution in [-0.2, 0) is 4.74 Å². The molecule has 0 aliphatic heterocycles. The predicted octanol–water partition coefficient (Wildman–Crippen LogP) is 3.39. The third kappa shape index (κ3) is 3.43. The Bertz CT molecular complexity index is 396. The van der Waals surface area contributed by atoms with Crippen LogP contribution in [0, 0.1) is 12.8 Å². The second-order valence-electron chi connectivity index (χ2n) is 4.54. The number of esters is 1. The zero-order valence-corrected chi connectivity index (χ0v) is 10.7. The van der Waals surface area contributed by atoms with Gasteiger partial charge in [-0.3, -0.25) is 0 Å². The molecule has 0 aromatic carbocycles. The molecule has 0 saturated heterocycles. The summed E-state index contributed by atoms with van der Waals surface area (Å²) in [6.07, 6.45) is 4.84. The van der Waals surface area contributed by atoms with Gasteiger partial charge in [0.25, 0.3) is 0 Å². The summed E-state index contributed by atoms with van der Waals surface area (Å²) in [6.45, 7) is 2.31. The standard InChI is InChI=1S/C13H16ClNO2/c1-9-7-11(8-12(14)15-9)13(16)17-6-5-10-3-2-4-10/h7-8,10H,2-6H2,1H3. The van der Waals surface area contributed by atoms with E-state index >= 15 is 0 Å². The van der Waals surface area contributed by atoms with Gasteiger partial charge in [0.15, 0.2) is 0 Å². The first-order valence-corrected chi connectivity index (χ1v) is 6.34. The van der Waals surface area contributed by atoms with Crippen molar-refractivity contribution in [3.8, 4) is 0 Å². The number of pyridine rings is 1. The third-order valence-electron chi connectivity index (χ3n) is 3.14. The monoisotopic (exact) mass is 253 g/mol. The molecule has 1 aliphatic rings. The summed E-state index contributed by atoms with van der Waals surface area (Å²) in [6, 6.07) is 3.23. The molecule has 1 aromatic rings. The molecule has 4 heteroatoms. The van der Waals surface area contributed by atoms with Crippen molar-refractivity contribution in [1.29, 1.82) is 0 Å². The zero-order chi connectivity index (χ0) is 12.3. The number of ether oxygens (including phenoxy) is 1. The minimum Gasteiger partial charge on any atom is -0.462 e. The van der Waals surface area contributed by atoms with Gasteiger partial charge >= 0.3 is 5.97 Å². The van der Waals surface area contributed by atoms with Gasteiger partial charge in [-0.2, -0.15) is 0 Å². The van der Waals surface area contributed by atoms with Gasteiger partial charge in [-0.05, 0) is 31.4 Å².